The molecule has 0 aromatic heterocycles. The topological polar surface area (TPSA) is 23.5 Å². The average Bonchev–Trinajstić information content (AvgIpc) is 2.54. The molecule has 110 valence electrons. The predicted octanol–water partition coefficient (Wildman–Crippen LogP) is 3.63. The van der Waals surface area contributed by atoms with Crippen LogP contribution in [0.4, 0.5) is 0 Å². The molecular formula is C19H23NO. The van der Waals surface area contributed by atoms with Gasteiger partial charge in [0, 0.05) is 19.1 Å². The van der Waals surface area contributed by atoms with E-state index in [1.54, 1.807) is 0 Å². The zero-order valence-electron chi connectivity index (χ0n) is 12.6. The molecule has 0 saturated heterocycles. The third kappa shape index (κ3) is 4.55. The predicted molar refractivity (Wildman–Crippen MR) is 87.8 cm³/mol. The van der Waals surface area contributed by atoms with Crippen LogP contribution in [-0.2, 0) is 13.1 Å². The van der Waals surface area contributed by atoms with Gasteiger partial charge in [0.05, 0.1) is 6.61 Å². The standard InChI is InChI=1S/C19H23NO/c1-16(15-21)17(2)20(13-18-9-5-3-6-10-18)14-19-11-7-4-8-12-19/h3-12,17,21H,1,13-15H2,2H3/t17-/m0/s1. The van der Waals surface area contributed by atoms with Gasteiger partial charge in [0.2, 0.25) is 0 Å². The lowest BCUT2D eigenvalue weighted by Gasteiger charge is -2.30. The van der Waals surface area contributed by atoms with E-state index >= 15 is 0 Å². The van der Waals surface area contributed by atoms with Crippen LogP contribution in [0.25, 0.3) is 0 Å². The van der Waals surface area contributed by atoms with Crippen molar-refractivity contribution in [3.63, 3.8) is 0 Å². The number of hydrogen-bond donors (Lipinski definition) is 1. The molecule has 0 unspecified atom stereocenters. The van der Waals surface area contributed by atoms with Gasteiger partial charge >= 0.3 is 0 Å². The van der Waals surface area contributed by atoms with Crippen molar-refractivity contribution in [3.8, 4) is 0 Å². The van der Waals surface area contributed by atoms with Crippen LogP contribution in [0.15, 0.2) is 72.8 Å². The van der Waals surface area contributed by atoms with Gasteiger partial charge in [-0.25, -0.2) is 0 Å². The first-order valence-corrected chi connectivity index (χ1v) is 7.31. The monoisotopic (exact) mass is 281 g/mol. The minimum atomic E-state index is 0.0290. The van der Waals surface area contributed by atoms with Crippen molar-refractivity contribution in [2.24, 2.45) is 0 Å². The Kier molecular flexibility index (Phi) is 5.73. The van der Waals surface area contributed by atoms with Gasteiger partial charge < -0.3 is 5.11 Å². The summed E-state index contributed by atoms with van der Waals surface area (Å²) in [5.41, 5.74) is 3.39. The van der Waals surface area contributed by atoms with Gasteiger partial charge in [-0.3, -0.25) is 4.90 Å². The minimum absolute atomic E-state index is 0.0290. The zero-order chi connectivity index (χ0) is 15.1. The van der Waals surface area contributed by atoms with E-state index < -0.39 is 0 Å². The fourth-order valence-electron chi connectivity index (χ4n) is 2.36. The first-order valence-electron chi connectivity index (χ1n) is 7.31. The summed E-state index contributed by atoms with van der Waals surface area (Å²) in [6, 6.07) is 20.9. The molecule has 0 aliphatic carbocycles. The quantitative estimate of drug-likeness (QED) is 0.783. The highest BCUT2D eigenvalue weighted by Crippen LogP contribution is 2.17. The van der Waals surface area contributed by atoms with Gasteiger partial charge in [-0.15, -0.1) is 0 Å². The molecule has 2 aromatic carbocycles. The molecule has 2 nitrogen and oxygen atoms in total. The molecule has 0 amide bonds. The van der Waals surface area contributed by atoms with Gasteiger partial charge in [-0.05, 0) is 23.6 Å². The summed E-state index contributed by atoms with van der Waals surface area (Å²) >= 11 is 0. The van der Waals surface area contributed by atoms with Crippen LogP contribution >= 0.6 is 0 Å². The van der Waals surface area contributed by atoms with E-state index in [4.69, 9.17) is 0 Å². The van der Waals surface area contributed by atoms with E-state index in [-0.39, 0.29) is 12.6 Å². The summed E-state index contributed by atoms with van der Waals surface area (Å²) in [5, 5.41) is 9.36. The Balaban J connectivity index is 2.15. The molecule has 2 aromatic rings. The van der Waals surface area contributed by atoms with Crippen LogP contribution in [0.5, 0.6) is 0 Å². The lowest BCUT2D eigenvalue weighted by molar-refractivity contribution is 0.197. The van der Waals surface area contributed by atoms with Gasteiger partial charge in [0.1, 0.15) is 0 Å². The van der Waals surface area contributed by atoms with Crippen molar-refractivity contribution >= 4 is 0 Å². The smallest absolute Gasteiger partial charge is 0.0654 e. The zero-order valence-corrected chi connectivity index (χ0v) is 12.6. The second kappa shape index (κ2) is 7.77. The van der Waals surface area contributed by atoms with E-state index in [1.165, 1.54) is 11.1 Å². The maximum absolute atomic E-state index is 9.36. The number of hydrogen-bond acceptors (Lipinski definition) is 2. The largest absolute Gasteiger partial charge is 0.392 e. The number of benzene rings is 2. The van der Waals surface area contributed by atoms with Gasteiger partial charge in [0.15, 0.2) is 0 Å². The number of rotatable bonds is 7. The molecule has 0 fully saturated rings. The molecule has 0 heterocycles. The van der Waals surface area contributed by atoms with E-state index in [0.29, 0.717) is 0 Å². The second-order valence-corrected chi connectivity index (χ2v) is 5.37. The highest BCUT2D eigenvalue weighted by molar-refractivity contribution is 5.18. The Hall–Kier alpha value is -1.90. The van der Waals surface area contributed by atoms with E-state index in [0.717, 1.165) is 18.7 Å². The molecule has 1 atom stereocenters. The highest BCUT2D eigenvalue weighted by atomic mass is 16.3. The van der Waals surface area contributed by atoms with Crippen molar-refractivity contribution in [2.75, 3.05) is 6.61 Å². The maximum atomic E-state index is 9.36. The first-order chi connectivity index (χ1) is 10.2. The Bertz CT molecular complexity index is 509. The molecule has 0 spiro atoms. The van der Waals surface area contributed by atoms with Crippen molar-refractivity contribution in [2.45, 2.75) is 26.1 Å². The summed E-state index contributed by atoms with van der Waals surface area (Å²) in [6.07, 6.45) is 0. The lowest BCUT2D eigenvalue weighted by Crippen LogP contribution is -2.34. The fraction of sp³-hybridized carbons (Fsp3) is 0.263. The van der Waals surface area contributed by atoms with Crippen LogP contribution < -0.4 is 0 Å². The third-order valence-electron chi connectivity index (χ3n) is 3.80. The number of aliphatic hydroxyl groups excluding tert-OH is 1. The van der Waals surface area contributed by atoms with Gasteiger partial charge in [0.25, 0.3) is 0 Å². The molecule has 2 heteroatoms. The lowest BCUT2D eigenvalue weighted by atomic mass is 10.1. The minimum Gasteiger partial charge on any atom is -0.392 e. The van der Waals surface area contributed by atoms with Crippen LogP contribution in [-0.4, -0.2) is 22.7 Å². The summed E-state index contributed by atoms with van der Waals surface area (Å²) < 4.78 is 0. The molecule has 0 bridgehead atoms. The summed E-state index contributed by atoms with van der Waals surface area (Å²) in [5.74, 6) is 0. The van der Waals surface area contributed by atoms with E-state index in [1.807, 2.05) is 12.1 Å². The van der Waals surface area contributed by atoms with Crippen molar-refractivity contribution in [1.82, 2.24) is 4.90 Å². The fourth-order valence-corrected chi connectivity index (χ4v) is 2.36. The summed E-state index contributed by atoms with van der Waals surface area (Å²) in [4.78, 5) is 2.34. The van der Waals surface area contributed by atoms with Gasteiger partial charge in [-0.1, -0.05) is 67.2 Å². The number of aliphatic hydroxyl groups is 1. The molecule has 0 aliphatic rings. The molecule has 0 radical (unpaired) electrons. The van der Waals surface area contributed by atoms with Crippen molar-refractivity contribution in [1.29, 1.82) is 0 Å². The highest BCUT2D eigenvalue weighted by Gasteiger charge is 2.17. The Morgan fingerprint density at radius 1 is 0.952 bits per heavy atom. The van der Waals surface area contributed by atoms with Crippen LogP contribution in [0.2, 0.25) is 0 Å². The van der Waals surface area contributed by atoms with Crippen LogP contribution in [0, 0.1) is 0 Å². The SMILES string of the molecule is C=C(CO)[C@H](C)N(Cc1ccccc1)Cc1ccccc1. The second-order valence-electron chi connectivity index (χ2n) is 5.37. The molecule has 21 heavy (non-hydrogen) atoms. The third-order valence-corrected chi connectivity index (χ3v) is 3.80. The van der Waals surface area contributed by atoms with Gasteiger partial charge in [-0.2, -0.15) is 0 Å². The Morgan fingerprint density at radius 3 is 1.76 bits per heavy atom. The Morgan fingerprint density at radius 2 is 1.38 bits per heavy atom. The van der Waals surface area contributed by atoms with Crippen LogP contribution in [0.3, 0.4) is 0 Å². The van der Waals surface area contributed by atoms with E-state index in [9.17, 15) is 5.11 Å². The summed E-state index contributed by atoms with van der Waals surface area (Å²) in [6.45, 7) is 7.80. The van der Waals surface area contributed by atoms with E-state index in [2.05, 4.69) is 66.9 Å². The maximum Gasteiger partial charge on any atom is 0.0654 e. The average molecular weight is 281 g/mol. The van der Waals surface area contributed by atoms with Crippen LogP contribution in [0.1, 0.15) is 18.1 Å². The molecular weight excluding hydrogens is 258 g/mol. The normalized spacial score (nSPS) is 12.3. The van der Waals surface area contributed by atoms with Crippen molar-refractivity contribution in [3.05, 3.63) is 83.9 Å². The van der Waals surface area contributed by atoms with Crippen molar-refractivity contribution < 1.29 is 5.11 Å². The molecule has 1 N–H and O–H groups in total. The molecule has 2 rings (SSSR count). The molecule has 0 aliphatic heterocycles. The Labute approximate surface area is 127 Å². The summed E-state index contributed by atoms with van der Waals surface area (Å²) in [7, 11) is 0. The number of nitrogens with zero attached hydrogens (tertiary/aromatic N) is 1. The molecule has 0 saturated carbocycles. The first kappa shape index (κ1) is 15.5.